The molecule has 0 aliphatic carbocycles. The Bertz CT molecular complexity index is 4450. The summed E-state index contributed by atoms with van der Waals surface area (Å²) in [6.45, 7) is 0. The van der Waals surface area contributed by atoms with Gasteiger partial charge in [0, 0.05) is 34.1 Å². The molecule has 15 aromatic rings. The van der Waals surface area contributed by atoms with E-state index in [-0.39, 0.29) is 0 Å². The molecule has 0 aliphatic heterocycles. The molecule has 0 saturated heterocycles. The van der Waals surface area contributed by atoms with E-state index in [0.717, 1.165) is 45.3 Å². The van der Waals surface area contributed by atoms with Gasteiger partial charge in [0.25, 0.3) is 0 Å². The van der Waals surface area contributed by atoms with Gasteiger partial charge in [-0.15, -0.1) is 0 Å². The van der Waals surface area contributed by atoms with Crippen LogP contribution < -0.4 is 9.80 Å². The maximum atomic E-state index is 2.38. The van der Waals surface area contributed by atoms with Crippen molar-refractivity contribution in [2.75, 3.05) is 9.80 Å². The van der Waals surface area contributed by atoms with Crippen molar-refractivity contribution < 1.29 is 0 Å². The van der Waals surface area contributed by atoms with Crippen LogP contribution in [0.3, 0.4) is 0 Å². The van der Waals surface area contributed by atoms with Crippen molar-refractivity contribution in [1.29, 1.82) is 0 Å². The van der Waals surface area contributed by atoms with Gasteiger partial charge in [-0.3, -0.25) is 0 Å². The van der Waals surface area contributed by atoms with E-state index < -0.39 is 0 Å². The Kier molecular flexibility index (Phi) is 12.9. The smallest absolute Gasteiger partial charge is 0.0467 e. The zero-order valence-corrected chi connectivity index (χ0v) is 46.2. The van der Waals surface area contributed by atoms with Gasteiger partial charge in [0.2, 0.25) is 0 Å². The number of nitrogens with zero attached hydrogens (tertiary/aromatic N) is 2. The summed E-state index contributed by atoms with van der Waals surface area (Å²) in [5.41, 5.74) is 20.9. The van der Waals surface area contributed by atoms with Gasteiger partial charge in [0.15, 0.2) is 0 Å². The molecule has 84 heavy (non-hydrogen) atoms. The van der Waals surface area contributed by atoms with Gasteiger partial charge in [0.1, 0.15) is 0 Å². The minimum absolute atomic E-state index is 1.09. The lowest BCUT2D eigenvalue weighted by Crippen LogP contribution is -2.10. The van der Waals surface area contributed by atoms with Crippen LogP contribution in [0, 0.1) is 0 Å². The highest BCUT2D eigenvalue weighted by Crippen LogP contribution is 2.49. The number of para-hydroxylation sites is 2. The molecule has 0 saturated carbocycles. The third kappa shape index (κ3) is 9.13. The van der Waals surface area contributed by atoms with Gasteiger partial charge in [-0.25, -0.2) is 0 Å². The molecule has 0 N–H and O–H groups in total. The molecule has 15 rings (SSSR count). The van der Waals surface area contributed by atoms with Crippen molar-refractivity contribution >= 4 is 77.2 Å². The van der Waals surface area contributed by atoms with Crippen molar-refractivity contribution in [1.82, 2.24) is 0 Å². The quantitative estimate of drug-likeness (QED) is 0.113. The Morgan fingerprint density at radius 2 is 0.333 bits per heavy atom. The van der Waals surface area contributed by atoms with E-state index in [1.165, 1.54) is 98.7 Å². The third-order valence-corrected chi connectivity index (χ3v) is 16.6. The van der Waals surface area contributed by atoms with Gasteiger partial charge in [-0.1, -0.05) is 267 Å². The normalized spacial score (nSPS) is 11.3. The first-order chi connectivity index (χ1) is 41.7. The Morgan fingerprint density at radius 1 is 0.131 bits per heavy atom. The molecule has 0 aliphatic rings. The first-order valence-electron chi connectivity index (χ1n) is 28.9. The van der Waals surface area contributed by atoms with Gasteiger partial charge < -0.3 is 9.80 Å². The van der Waals surface area contributed by atoms with E-state index in [1.807, 2.05) is 0 Å². The van der Waals surface area contributed by atoms with Crippen LogP contribution >= 0.6 is 0 Å². The van der Waals surface area contributed by atoms with E-state index in [4.69, 9.17) is 0 Å². The first-order valence-corrected chi connectivity index (χ1v) is 28.9. The molecule has 0 fully saturated rings. The fraction of sp³-hybridized carbons (Fsp3) is 0. The second-order valence-corrected chi connectivity index (χ2v) is 21.5. The first kappa shape index (κ1) is 49.9. The molecule has 2 nitrogen and oxygen atoms in total. The SMILES string of the molecule is c1ccc(-c2cccc(N(c3ccccc3)c3cccc(-c4c5ccccc5c(-c5ccc(-c6c7ccccc7c(-c7cccc(N(c8ccccc8)c8cccc(-c9ccccc9)c8)c7)c7ccccc67)cc5)c5ccccc45)c3)c2)cc1. The second-order valence-electron chi connectivity index (χ2n) is 21.5. The largest absolute Gasteiger partial charge is 0.310 e. The Labute approximate surface area is 490 Å². The highest BCUT2D eigenvalue weighted by atomic mass is 15.1. The molecule has 394 valence electrons. The summed E-state index contributed by atoms with van der Waals surface area (Å²) in [4.78, 5) is 4.75. The fourth-order valence-corrected chi connectivity index (χ4v) is 12.9. The number of anilines is 6. The lowest BCUT2D eigenvalue weighted by molar-refractivity contribution is 1.28. The molecule has 2 heteroatoms. The minimum atomic E-state index is 1.09. The van der Waals surface area contributed by atoms with Crippen LogP contribution in [0.15, 0.2) is 340 Å². The van der Waals surface area contributed by atoms with Crippen molar-refractivity contribution in [3.63, 3.8) is 0 Å². The molecule has 0 spiro atoms. The predicted molar refractivity (Wildman–Crippen MR) is 358 cm³/mol. The number of rotatable bonds is 12. The topological polar surface area (TPSA) is 6.48 Å². The van der Waals surface area contributed by atoms with Crippen molar-refractivity contribution in [3.05, 3.63) is 340 Å². The Morgan fingerprint density at radius 3 is 0.619 bits per heavy atom. The van der Waals surface area contributed by atoms with Crippen LogP contribution in [0.4, 0.5) is 34.1 Å². The van der Waals surface area contributed by atoms with Crippen LogP contribution in [0.2, 0.25) is 0 Å². The summed E-state index contributed by atoms with van der Waals surface area (Å²) in [6.07, 6.45) is 0. The van der Waals surface area contributed by atoms with Gasteiger partial charge in [-0.05, 0) is 183 Å². The molecule has 0 atom stereocenters. The van der Waals surface area contributed by atoms with Gasteiger partial charge in [0.05, 0.1) is 0 Å². The van der Waals surface area contributed by atoms with Crippen molar-refractivity contribution in [3.8, 4) is 66.8 Å². The molecular formula is C82H56N2. The van der Waals surface area contributed by atoms with E-state index in [2.05, 4.69) is 350 Å². The highest BCUT2D eigenvalue weighted by molar-refractivity contribution is 6.23. The summed E-state index contributed by atoms with van der Waals surface area (Å²) in [7, 11) is 0. The van der Waals surface area contributed by atoms with Gasteiger partial charge in [-0.2, -0.15) is 0 Å². The summed E-state index contributed by atoms with van der Waals surface area (Å²) in [6, 6.07) is 124. The predicted octanol–water partition coefficient (Wildman–Crippen LogP) is 23.2. The van der Waals surface area contributed by atoms with Crippen LogP contribution in [0.25, 0.3) is 110 Å². The molecule has 15 aromatic carbocycles. The maximum Gasteiger partial charge on any atom is 0.0467 e. The van der Waals surface area contributed by atoms with Crippen molar-refractivity contribution in [2.24, 2.45) is 0 Å². The fourth-order valence-electron chi connectivity index (χ4n) is 12.9. The Balaban J connectivity index is 0.833. The van der Waals surface area contributed by atoms with E-state index >= 15 is 0 Å². The molecule has 0 bridgehead atoms. The van der Waals surface area contributed by atoms with Gasteiger partial charge >= 0.3 is 0 Å². The number of benzene rings is 15. The number of fused-ring (bicyclic) bond motifs is 4. The van der Waals surface area contributed by atoms with E-state index in [9.17, 15) is 0 Å². The summed E-state index contributed by atoms with van der Waals surface area (Å²) in [5, 5.41) is 9.74. The second kappa shape index (κ2) is 21.8. The summed E-state index contributed by atoms with van der Waals surface area (Å²) < 4.78 is 0. The average molecular weight is 1070 g/mol. The lowest BCUT2D eigenvalue weighted by Gasteiger charge is -2.27. The number of hydrogen-bond donors (Lipinski definition) is 0. The zero-order valence-electron chi connectivity index (χ0n) is 46.2. The Hall–Kier alpha value is -11.1. The number of hydrogen-bond acceptors (Lipinski definition) is 2. The zero-order chi connectivity index (χ0) is 55.8. The van der Waals surface area contributed by atoms with Crippen LogP contribution in [-0.2, 0) is 0 Å². The van der Waals surface area contributed by atoms with E-state index in [1.54, 1.807) is 0 Å². The van der Waals surface area contributed by atoms with Crippen LogP contribution in [-0.4, -0.2) is 0 Å². The molecular weight excluding hydrogens is 1010 g/mol. The molecule has 0 heterocycles. The third-order valence-electron chi connectivity index (χ3n) is 16.6. The van der Waals surface area contributed by atoms with Crippen LogP contribution in [0.1, 0.15) is 0 Å². The molecule has 0 aromatic heterocycles. The summed E-state index contributed by atoms with van der Waals surface area (Å²) >= 11 is 0. The standard InChI is InChI=1S/C82H56N2/c1-5-25-57(26-6-1)61-29-21-37-67(53-61)83(65-33-9-3-10-34-65)69-39-23-31-63(55-69)81-75-45-17-13-41-71(75)79(72-42-14-18-46-76(72)81)59-49-51-60(52-50-59)80-73-43-15-19-47-77(73)82(78-48-20-16-44-74(78)80)64-32-24-40-70(56-64)84(66-35-11-4-12-36-66)68-38-22-30-62(54-68)58-27-7-2-8-28-58/h1-56H. The lowest BCUT2D eigenvalue weighted by atomic mass is 9.84. The highest BCUT2D eigenvalue weighted by Gasteiger charge is 2.22. The van der Waals surface area contributed by atoms with Crippen LogP contribution in [0.5, 0.6) is 0 Å². The average Bonchev–Trinajstić information content (AvgIpc) is 2.45. The van der Waals surface area contributed by atoms with E-state index in [0.29, 0.717) is 0 Å². The molecule has 0 amide bonds. The maximum absolute atomic E-state index is 2.38. The monoisotopic (exact) mass is 1070 g/mol. The molecule has 0 radical (unpaired) electrons. The minimum Gasteiger partial charge on any atom is -0.310 e. The van der Waals surface area contributed by atoms with Crippen molar-refractivity contribution in [2.45, 2.75) is 0 Å². The molecule has 0 unspecified atom stereocenters. The summed E-state index contributed by atoms with van der Waals surface area (Å²) in [5.74, 6) is 0.